The van der Waals surface area contributed by atoms with Crippen molar-refractivity contribution in [3.63, 3.8) is 0 Å². The molecule has 21 heavy (non-hydrogen) atoms. The van der Waals surface area contributed by atoms with E-state index >= 15 is 0 Å². The fourth-order valence-electron chi connectivity index (χ4n) is 2.09. The van der Waals surface area contributed by atoms with Crippen molar-refractivity contribution in [2.24, 2.45) is 0 Å². The van der Waals surface area contributed by atoms with Gasteiger partial charge in [-0.25, -0.2) is 4.39 Å². The maximum Gasteiger partial charge on any atom is 0.151 e. The Bertz CT molecular complexity index is 729. The van der Waals surface area contributed by atoms with E-state index in [9.17, 15) is 4.39 Å². The zero-order chi connectivity index (χ0) is 14.7. The minimum atomic E-state index is -0.388. The molecule has 4 nitrogen and oxygen atoms in total. The third kappa shape index (κ3) is 2.81. The molecule has 0 bridgehead atoms. The normalized spacial score (nSPS) is 12.3. The molecule has 0 aliphatic carbocycles. The molecule has 0 saturated carbocycles. The third-order valence-electron chi connectivity index (χ3n) is 3.11. The lowest BCUT2D eigenvalue weighted by atomic mass is 10.1. The summed E-state index contributed by atoms with van der Waals surface area (Å²) in [4.78, 5) is 3.75. The molecule has 0 aliphatic rings. The summed E-state index contributed by atoms with van der Waals surface area (Å²) in [5.74, 6) is -0.388. The second-order valence-electron chi connectivity index (χ2n) is 4.43. The van der Waals surface area contributed by atoms with Gasteiger partial charge in [-0.15, -0.1) is 10.2 Å². The summed E-state index contributed by atoms with van der Waals surface area (Å²) in [5.41, 5.74) is 1.52. The summed E-state index contributed by atoms with van der Waals surface area (Å²) < 4.78 is 13.8. The lowest BCUT2D eigenvalue weighted by Gasteiger charge is -2.12. The molecule has 1 aromatic carbocycles. The molecule has 0 saturated heterocycles. The fourth-order valence-corrected chi connectivity index (χ4v) is 3.10. The van der Waals surface area contributed by atoms with E-state index in [1.165, 1.54) is 17.5 Å². The highest BCUT2D eigenvalue weighted by molar-refractivity contribution is 7.14. The van der Waals surface area contributed by atoms with Crippen LogP contribution in [0.3, 0.4) is 0 Å². The Labute approximate surface area is 125 Å². The average molecular weight is 300 g/mol. The number of hydrogen-bond donors (Lipinski definition) is 1. The third-order valence-corrected chi connectivity index (χ3v) is 4.13. The predicted octanol–water partition coefficient (Wildman–Crippen LogP) is 3.05. The highest BCUT2D eigenvalue weighted by Gasteiger charge is 2.18. The van der Waals surface area contributed by atoms with E-state index in [0.29, 0.717) is 10.6 Å². The van der Waals surface area contributed by atoms with Crippen LogP contribution in [0.1, 0.15) is 16.6 Å². The van der Waals surface area contributed by atoms with E-state index in [4.69, 9.17) is 0 Å². The highest BCUT2D eigenvalue weighted by atomic mass is 32.1. The first kappa shape index (κ1) is 13.8. The van der Waals surface area contributed by atoms with Crippen molar-refractivity contribution < 1.29 is 4.39 Å². The number of rotatable bonds is 4. The molecular formula is C15H13FN4S. The molecule has 106 valence electrons. The molecule has 1 atom stereocenters. The molecule has 0 radical (unpaired) electrons. The lowest BCUT2D eigenvalue weighted by Crippen LogP contribution is -2.17. The average Bonchev–Trinajstić information content (AvgIpc) is 2.99. The van der Waals surface area contributed by atoms with Crippen molar-refractivity contribution >= 4 is 11.3 Å². The Morgan fingerprint density at radius 3 is 2.67 bits per heavy atom. The van der Waals surface area contributed by atoms with Gasteiger partial charge in [-0.1, -0.05) is 41.7 Å². The number of nitrogens with one attached hydrogen (secondary N) is 1. The molecule has 1 N–H and O–H groups in total. The van der Waals surface area contributed by atoms with E-state index in [-0.39, 0.29) is 11.9 Å². The Hall–Kier alpha value is -2.18. The SMILES string of the molecule is CNC(c1ccccc1)c1nnc(-c2ccncc2F)s1. The zero-order valence-corrected chi connectivity index (χ0v) is 12.1. The first-order valence-corrected chi connectivity index (χ1v) is 7.26. The van der Waals surface area contributed by atoms with Crippen LogP contribution in [0.4, 0.5) is 4.39 Å². The van der Waals surface area contributed by atoms with Crippen LogP contribution in [-0.4, -0.2) is 22.2 Å². The van der Waals surface area contributed by atoms with Crippen molar-refractivity contribution in [3.8, 4) is 10.6 Å². The molecule has 2 heterocycles. The molecule has 0 aliphatic heterocycles. The van der Waals surface area contributed by atoms with Crippen molar-refractivity contribution in [3.05, 3.63) is 65.2 Å². The van der Waals surface area contributed by atoms with Crippen LogP contribution in [0.25, 0.3) is 10.6 Å². The number of pyridine rings is 1. The fraction of sp³-hybridized carbons (Fsp3) is 0.133. The Balaban J connectivity index is 1.96. The van der Waals surface area contributed by atoms with Gasteiger partial charge in [0.25, 0.3) is 0 Å². The maximum absolute atomic E-state index is 13.8. The largest absolute Gasteiger partial charge is 0.307 e. The molecule has 2 aromatic heterocycles. The summed E-state index contributed by atoms with van der Waals surface area (Å²) in [6.07, 6.45) is 2.73. The Morgan fingerprint density at radius 2 is 1.95 bits per heavy atom. The topological polar surface area (TPSA) is 50.7 Å². The summed E-state index contributed by atoms with van der Waals surface area (Å²) in [5, 5.41) is 12.9. The molecular weight excluding hydrogens is 287 g/mol. The molecule has 0 spiro atoms. The van der Waals surface area contributed by atoms with Crippen LogP contribution < -0.4 is 5.32 Å². The smallest absolute Gasteiger partial charge is 0.151 e. The van der Waals surface area contributed by atoms with Gasteiger partial charge in [0, 0.05) is 6.20 Å². The Morgan fingerprint density at radius 1 is 1.14 bits per heavy atom. The zero-order valence-electron chi connectivity index (χ0n) is 11.3. The molecule has 0 fully saturated rings. The second kappa shape index (κ2) is 6.07. The van der Waals surface area contributed by atoms with Gasteiger partial charge in [0.2, 0.25) is 0 Å². The van der Waals surface area contributed by atoms with Gasteiger partial charge in [0.05, 0.1) is 17.8 Å². The molecule has 0 amide bonds. The lowest BCUT2D eigenvalue weighted by molar-refractivity contribution is 0.624. The first-order chi connectivity index (χ1) is 10.3. The van der Waals surface area contributed by atoms with Crippen LogP contribution in [0.5, 0.6) is 0 Å². The van der Waals surface area contributed by atoms with Gasteiger partial charge < -0.3 is 5.32 Å². The summed E-state index contributed by atoms with van der Waals surface area (Å²) in [6.45, 7) is 0. The minimum Gasteiger partial charge on any atom is -0.307 e. The Kier molecular flexibility index (Phi) is 3.98. The minimum absolute atomic E-state index is 0.0534. The number of aromatic nitrogens is 3. The second-order valence-corrected chi connectivity index (χ2v) is 5.44. The van der Waals surface area contributed by atoms with E-state index < -0.39 is 0 Å². The molecule has 1 unspecified atom stereocenters. The number of benzene rings is 1. The molecule has 3 rings (SSSR count). The summed E-state index contributed by atoms with van der Waals surface area (Å²) in [7, 11) is 1.87. The van der Waals surface area contributed by atoms with Gasteiger partial charge >= 0.3 is 0 Å². The predicted molar refractivity (Wildman–Crippen MR) is 80.4 cm³/mol. The van der Waals surface area contributed by atoms with E-state index in [2.05, 4.69) is 20.5 Å². The van der Waals surface area contributed by atoms with Crippen LogP contribution in [0.2, 0.25) is 0 Å². The van der Waals surface area contributed by atoms with E-state index in [0.717, 1.165) is 10.6 Å². The monoisotopic (exact) mass is 300 g/mol. The van der Waals surface area contributed by atoms with Crippen molar-refractivity contribution in [2.75, 3.05) is 7.05 Å². The highest BCUT2D eigenvalue weighted by Crippen LogP contribution is 2.30. The number of nitrogens with zero attached hydrogens (tertiary/aromatic N) is 3. The van der Waals surface area contributed by atoms with Gasteiger partial charge in [-0.05, 0) is 18.7 Å². The van der Waals surface area contributed by atoms with Gasteiger partial charge in [0.15, 0.2) is 10.8 Å². The first-order valence-electron chi connectivity index (χ1n) is 6.45. The summed E-state index contributed by atoms with van der Waals surface area (Å²) >= 11 is 1.38. The quantitative estimate of drug-likeness (QED) is 0.804. The van der Waals surface area contributed by atoms with E-state index in [1.54, 1.807) is 12.3 Å². The van der Waals surface area contributed by atoms with Gasteiger partial charge in [-0.3, -0.25) is 4.98 Å². The van der Waals surface area contributed by atoms with Gasteiger partial charge in [0.1, 0.15) is 5.01 Å². The molecule has 3 aromatic rings. The van der Waals surface area contributed by atoms with E-state index in [1.807, 2.05) is 37.4 Å². The summed E-state index contributed by atoms with van der Waals surface area (Å²) in [6, 6.07) is 11.5. The number of hydrogen-bond acceptors (Lipinski definition) is 5. The standard InChI is InChI=1S/C15H13FN4S/c1-17-13(10-5-3-2-4-6-10)15-20-19-14(21-15)11-7-8-18-9-12(11)16/h2-9,13,17H,1H3. The van der Waals surface area contributed by atoms with Crippen molar-refractivity contribution in [1.29, 1.82) is 0 Å². The maximum atomic E-state index is 13.8. The van der Waals surface area contributed by atoms with Crippen LogP contribution in [0, 0.1) is 5.82 Å². The van der Waals surface area contributed by atoms with Crippen molar-refractivity contribution in [2.45, 2.75) is 6.04 Å². The molecule has 6 heteroatoms. The van der Waals surface area contributed by atoms with Crippen LogP contribution >= 0.6 is 11.3 Å². The van der Waals surface area contributed by atoms with Crippen molar-refractivity contribution in [1.82, 2.24) is 20.5 Å². The van der Waals surface area contributed by atoms with Gasteiger partial charge in [-0.2, -0.15) is 0 Å². The van der Waals surface area contributed by atoms with Crippen LogP contribution in [0.15, 0.2) is 48.8 Å². The number of halogens is 1. The van der Waals surface area contributed by atoms with Crippen LogP contribution in [-0.2, 0) is 0 Å².